The van der Waals surface area contributed by atoms with E-state index < -0.39 is 5.91 Å². The molecule has 6 heteroatoms. The zero-order chi connectivity index (χ0) is 18.0. The summed E-state index contributed by atoms with van der Waals surface area (Å²) in [6, 6.07) is 0.865. The lowest BCUT2D eigenvalue weighted by Crippen LogP contribution is -2.40. The lowest BCUT2D eigenvalue weighted by molar-refractivity contribution is 0.0990. The van der Waals surface area contributed by atoms with E-state index in [1.54, 1.807) is 5.57 Å². The summed E-state index contributed by atoms with van der Waals surface area (Å²) in [4.78, 5) is 22.3. The van der Waals surface area contributed by atoms with Crippen molar-refractivity contribution in [2.75, 3.05) is 18.0 Å². The summed E-state index contributed by atoms with van der Waals surface area (Å²) in [5, 5.41) is 3.77. The van der Waals surface area contributed by atoms with Gasteiger partial charge in [-0.15, -0.1) is 0 Å². The van der Waals surface area contributed by atoms with Gasteiger partial charge in [0.1, 0.15) is 5.82 Å². The zero-order valence-corrected chi connectivity index (χ0v) is 15.5. The van der Waals surface area contributed by atoms with Crippen LogP contribution >= 0.6 is 0 Å². The molecule has 1 aromatic rings. The minimum Gasteiger partial charge on any atom is -0.363 e. The van der Waals surface area contributed by atoms with Crippen molar-refractivity contribution < 1.29 is 4.79 Å². The van der Waals surface area contributed by atoms with E-state index in [1.807, 2.05) is 13.8 Å². The molecule has 0 radical (unpaired) electrons. The van der Waals surface area contributed by atoms with Crippen LogP contribution < -0.4 is 16.0 Å². The first-order chi connectivity index (χ1) is 12.0. The van der Waals surface area contributed by atoms with E-state index in [0.29, 0.717) is 12.1 Å². The molecule has 6 nitrogen and oxygen atoms in total. The van der Waals surface area contributed by atoms with Crippen molar-refractivity contribution >= 4 is 11.7 Å². The first-order valence-electron chi connectivity index (χ1n) is 9.30. The van der Waals surface area contributed by atoms with Gasteiger partial charge in [-0.25, -0.2) is 9.97 Å². The van der Waals surface area contributed by atoms with Crippen LogP contribution in [-0.4, -0.2) is 41.0 Å². The van der Waals surface area contributed by atoms with Crippen molar-refractivity contribution in [3.05, 3.63) is 28.7 Å². The zero-order valence-electron chi connectivity index (χ0n) is 15.5. The van der Waals surface area contributed by atoms with Crippen LogP contribution in [0.5, 0.6) is 0 Å². The summed E-state index contributed by atoms with van der Waals surface area (Å²) in [7, 11) is 0. The lowest BCUT2D eigenvalue weighted by atomic mass is 9.94. The summed E-state index contributed by atoms with van der Waals surface area (Å²) >= 11 is 0. The molecule has 1 aliphatic heterocycles. The summed E-state index contributed by atoms with van der Waals surface area (Å²) in [6.45, 7) is 8.00. The third-order valence-electron chi connectivity index (χ3n) is 5.44. The Hall–Kier alpha value is -1.95. The molecule has 2 aliphatic rings. The van der Waals surface area contributed by atoms with Gasteiger partial charge in [0.25, 0.3) is 5.91 Å². The highest BCUT2D eigenvalue weighted by Gasteiger charge is 2.27. The molecule has 136 valence electrons. The molecule has 0 spiro atoms. The number of amides is 1. The van der Waals surface area contributed by atoms with Crippen LogP contribution in [0.3, 0.4) is 0 Å². The Morgan fingerprint density at radius 2 is 2.16 bits per heavy atom. The van der Waals surface area contributed by atoms with Gasteiger partial charge in [-0.2, -0.15) is 0 Å². The number of hydrogen-bond donors (Lipinski definition) is 2. The van der Waals surface area contributed by atoms with Crippen molar-refractivity contribution in [3.63, 3.8) is 0 Å². The Morgan fingerprint density at radius 1 is 1.36 bits per heavy atom. The number of allylic oxidation sites excluding steroid dienone is 1. The molecular formula is C19H29N5O. The molecule has 1 saturated heterocycles. The average Bonchev–Trinajstić information content (AvgIpc) is 3.06. The van der Waals surface area contributed by atoms with E-state index in [9.17, 15) is 4.79 Å². The maximum absolute atomic E-state index is 11.5. The Kier molecular flexibility index (Phi) is 5.37. The standard InChI is InChI=1S/C19H29N5O/c1-12-13(2)22-18(17(20)25)23-19(12)24-10-9-16(11-24)21-14(3)15-7-5-4-6-8-15/h7,14,16,21H,4-6,8-11H2,1-3H3,(H2,20,25)/t14?,16-/m1/s1. The third kappa shape index (κ3) is 4.00. The molecule has 3 rings (SSSR count). The largest absolute Gasteiger partial charge is 0.363 e. The molecule has 1 amide bonds. The number of nitrogens with two attached hydrogens (primary N) is 1. The van der Waals surface area contributed by atoms with E-state index in [0.717, 1.165) is 36.6 Å². The second-order valence-corrected chi connectivity index (χ2v) is 7.29. The molecule has 3 N–H and O–H groups in total. The van der Waals surface area contributed by atoms with Gasteiger partial charge in [-0.05, 0) is 52.9 Å². The topological polar surface area (TPSA) is 84.1 Å². The van der Waals surface area contributed by atoms with Crippen LogP contribution in [0.4, 0.5) is 5.82 Å². The van der Waals surface area contributed by atoms with E-state index in [-0.39, 0.29) is 5.82 Å². The van der Waals surface area contributed by atoms with Crippen LogP contribution in [0.15, 0.2) is 11.6 Å². The highest BCUT2D eigenvalue weighted by atomic mass is 16.1. The molecule has 1 aliphatic carbocycles. The van der Waals surface area contributed by atoms with E-state index in [2.05, 4.69) is 33.2 Å². The molecule has 0 aromatic carbocycles. The smallest absolute Gasteiger partial charge is 0.286 e. The normalized spacial score (nSPS) is 22.0. The van der Waals surface area contributed by atoms with Gasteiger partial charge in [-0.3, -0.25) is 4.79 Å². The van der Waals surface area contributed by atoms with Crippen LogP contribution in [-0.2, 0) is 0 Å². The number of anilines is 1. The molecule has 1 unspecified atom stereocenters. The molecule has 0 bridgehead atoms. The average molecular weight is 343 g/mol. The van der Waals surface area contributed by atoms with Gasteiger partial charge >= 0.3 is 0 Å². The molecular weight excluding hydrogens is 314 g/mol. The minimum atomic E-state index is -0.573. The van der Waals surface area contributed by atoms with Crippen molar-refractivity contribution in [2.45, 2.75) is 65.0 Å². The molecule has 1 fully saturated rings. The van der Waals surface area contributed by atoms with Gasteiger partial charge < -0.3 is 16.0 Å². The molecule has 1 aromatic heterocycles. The number of primary amides is 1. The predicted molar refractivity (Wildman–Crippen MR) is 99.8 cm³/mol. The monoisotopic (exact) mass is 343 g/mol. The number of nitrogens with zero attached hydrogens (tertiary/aromatic N) is 3. The van der Waals surface area contributed by atoms with Crippen molar-refractivity contribution in [2.24, 2.45) is 5.73 Å². The molecule has 0 saturated carbocycles. The summed E-state index contributed by atoms with van der Waals surface area (Å²) in [5.41, 5.74) is 8.76. The number of hydrogen-bond acceptors (Lipinski definition) is 5. The second kappa shape index (κ2) is 7.52. The molecule has 2 atom stereocenters. The number of rotatable bonds is 5. The van der Waals surface area contributed by atoms with Gasteiger partial charge in [0, 0.05) is 36.4 Å². The quantitative estimate of drug-likeness (QED) is 0.801. The lowest BCUT2D eigenvalue weighted by Gasteiger charge is -2.25. The van der Waals surface area contributed by atoms with Gasteiger partial charge in [-0.1, -0.05) is 11.6 Å². The van der Waals surface area contributed by atoms with E-state index >= 15 is 0 Å². The fourth-order valence-corrected chi connectivity index (χ4v) is 3.84. The number of aryl methyl sites for hydroxylation is 1. The number of nitrogens with one attached hydrogen (secondary N) is 1. The van der Waals surface area contributed by atoms with Crippen LogP contribution in [0.25, 0.3) is 0 Å². The fraction of sp³-hybridized carbons (Fsp3) is 0.632. The fourth-order valence-electron chi connectivity index (χ4n) is 3.84. The van der Waals surface area contributed by atoms with E-state index in [1.165, 1.54) is 25.7 Å². The Labute approximate surface area is 149 Å². The first kappa shape index (κ1) is 17.9. The van der Waals surface area contributed by atoms with Crippen molar-refractivity contribution in [3.8, 4) is 0 Å². The van der Waals surface area contributed by atoms with Crippen LogP contribution in [0.1, 0.15) is 60.9 Å². The second-order valence-electron chi connectivity index (χ2n) is 7.29. The van der Waals surface area contributed by atoms with Crippen molar-refractivity contribution in [1.82, 2.24) is 15.3 Å². The third-order valence-corrected chi connectivity index (χ3v) is 5.44. The maximum atomic E-state index is 11.5. The summed E-state index contributed by atoms with van der Waals surface area (Å²) in [5.74, 6) is 0.376. The maximum Gasteiger partial charge on any atom is 0.286 e. The number of aromatic nitrogens is 2. The SMILES string of the molecule is Cc1nc(C(N)=O)nc(N2CC[C@@H](NC(C)C3=CCCCC3)C2)c1C. The number of carbonyl (C=O) groups is 1. The Balaban J connectivity index is 1.68. The summed E-state index contributed by atoms with van der Waals surface area (Å²) < 4.78 is 0. The van der Waals surface area contributed by atoms with Gasteiger partial charge in [0.05, 0.1) is 0 Å². The van der Waals surface area contributed by atoms with Crippen LogP contribution in [0, 0.1) is 13.8 Å². The number of carbonyl (C=O) groups excluding carboxylic acids is 1. The highest BCUT2D eigenvalue weighted by Crippen LogP contribution is 2.25. The minimum absolute atomic E-state index is 0.107. The van der Waals surface area contributed by atoms with Crippen molar-refractivity contribution in [1.29, 1.82) is 0 Å². The molecule has 25 heavy (non-hydrogen) atoms. The van der Waals surface area contributed by atoms with Gasteiger partial charge in [0.15, 0.2) is 0 Å². The van der Waals surface area contributed by atoms with Crippen LogP contribution in [0.2, 0.25) is 0 Å². The predicted octanol–water partition coefficient (Wildman–Crippen LogP) is 2.25. The summed E-state index contributed by atoms with van der Waals surface area (Å²) in [6.07, 6.45) is 8.55. The Morgan fingerprint density at radius 3 is 2.84 bits per heavy atom. The molecule has 2 heterocycles. The van der Waals surface area contributed by atoms with Gasteiger partial charge in [0.2, 0.25) is 5.82 Å². The first-order valence-corrected chi connectivity index (χ1v) is 9.30. The Bertz CT molecular complexity index is 685. The highest BCUT2D eigenvalue weighted by molar-refractivity contribution is 5.89. The van der Waals surface area contributed by atoms with E-state index in [4.69, 9.17) is 5.73 Å².